The van der Waals surface area contributed by atoms with Crippen molar-refractivity contribution in [1.29, 1.82) is 5.26 Å². The molecule has 17 nitrogen and oxygen atoms in total. The Hall–Kier alpha value is 1.85. The number of nitrogens with zero attached hydrogens (tertiary/aromatic N) is 8. The maximum atomic E-state index is 11.4. The maximum Gasteiger partial charge on any atom is 1.00 e. The molecule has 2 atom stereocenters. The second-order valence-corrected chi connectivity index (χ2v) is 23.6. The van der Waals surface area contributed by atoms with Crippen molar-refractivity contribution >= 4 is 72.9 Å². The van der Waals surface area contributed by atoms with Crippen LogP contribution in [0.15, 0.2) is 0 Å². The fourth-order valence-corrected chi connectivity index (χ4v) is 9.06. The van der Waals surface area contributed by atoms with Crippen LogP contribution in [0.3, 0.4) is 0 Å². The SMILES string of the molecule is C.C#CC.CC#N.CCBr.CCN(C)CCN(C)CC.CCN(CC)CC[N+](CC)(CC)CC.CCN(CC)CC[N+](CC)(CC)CC.O=S(=O)(F)NS(=O)(=O)P.O=S(=O)(F)[N-]S(=O)(=O)P.[Br-].[K+]. The molecular formula is C40H99Br2F2KN9O8P2S4+. The van der Waals surface area contributed by atoms with E-state index in [9.17, 15) is 41.4 Å². The van der Waals surface area contributed by atoms with Crippen molar-refractivity contribution in [3.05, 3.63) is 4.13 Å². The average molecular weight is 1260 g/mol. The van der Waals surface area contributed by atoms with Crippen molar-refractivity contribution < 1.29 is 119 Å². The molecule has 1 N–H and O–H groups in total. The Bertz CT molecular complexity index is 1410. The standard InChI is InChI=1S/2C12H29N2.C8H20N2.C3H4.C2H5Br.C2H3N.CH4.BrH.FH3NO4PS2.FH2NO4PS2.K/c2*1-6-13(7-2)11-12-14(8-3,9-4)10-5;1-5-9(3)7-8-10(4)6-2;1-3-2;2*1-2-3;;;2*1-8(3,4)2-9(5,6)7;/h2*6-12H2,1-5H3;5-8H2,1-4H3;1H,2H3;2H2,1H3;1H3;1H4;1H;2H,7H2;7H2;/q2*+1;;;;;;;;-1;+1/p-1. The molecule has 0 aromatic rings. The first-order valence-electron chi connectivity index (χ1n) is 21.9. The van der Waals surface area contributed by atoms with Crippen LogP contribution in [0.25, 0.3) is 4.13 Å². The Morgan fingerprint density at radius 3 is 0.926 bits per heavy atom. The van der Waals surface area contributed by atoms with Crippen LogP contribution in [-0.2, 0) is 40.1 Å². The molecule has 0 aliphatic rings. The molecule has 0 radical (unpaired) electrons. The van der Waals surface area contributed by atoms with Gasteiger partial charge in [-0.1, -0.05) is 79.8 Å². The zero-order valence-corrected chi connectivity index (χ0v) is 56.5. The van der Waals surface area contributed by atoms with E-state index in [-0.39, 0.29) is 75.8 Å². The summed E-state index contributed by atoms with van der Waals surface area (Å²) in [5.41, 5.74) is 0. The summed E-state index contributed by atoms with van der Waals surface area (Å²) in [5, 5.41) is 8.38. The first-order chi connectivity index (χ1) is 29.7. The van der Waals surface area contributed by atoms with Crippen molar-refractivity contribution in [1.82, 2.24) is 23.7 Å². The summed E-state index contributed by atoms with van der Waals surface area (Å²) in [6, 6.07) is 1.75. The third kappa shape index (κ3) is 81.9. The second kappa shape index (κ2) is 59.7. The normalized spacial score (nSPS) is 10.9. The van der Waals surface area contributed by atoms with Gasteiger partial charge in [-0.3, -0.25) is 9.80 Å². The van der Waals surface area contributed by atoms with Gasteiger partial charge in [0.05, 0.1) is 68.1 Å². The first kappa shape index (κ1) is 95.6. The number of likely N-dealkylation sites (N-methyl/N-ethyl adjacent to an activating group) is 6. The topological polar surface area (TPSA) is 199 Å². The molecule has 0 rings (SSSR count). The van der Waals surface area contributed by atoms with Gasteiger partial charge in [-0.25, -0.2) is 25.3 Å². The number of rotatable bonds is 25. The van der Waals surface area contributed by atoms with Gasteiger partial charge in [-0.15, -0.1) is 16.2 Å². The van der Waals surface area contributed by atoms with Crippen LogP contribution in [-0.4, -0.2) is 199 Å². The smallest absolute Gasteiger partial charge is 1.00 e. The van der Waals surface area contributed by atoms with E-state index in [4.69, 9.17) is 5.26 Å². The molecule has 68 heavy (non-hydrogen) atoms. The molecule has 0 saturated heterocycles. The molecule has 0 heterocycles. The van der Waals surface area contributed by atoms with Crippen LogP contribution in [0, 0.1) is 23.7 Å². The number of nitriles is 1. The summed E-state index contributed by atoms with van der Waals surface area (Å²) >= 11 is 3.15. The van der Waals surface area contributed by atoms with E-state index in [0.29, 0.717) is 4.13 Å². The molecule has 0 aromatic heterocycles. The number of quaternary nitrogens is 2. The first-order valence-corrected chi connectivity index (χ1v) is 31.7. The van der Waals surface area contributed by atoms with Gasteiger partial charge in [0.2, 0.25) is 20.1 Å². The Morgan fingerprint density at radius 2 is 0.838 bits per heavy atom. The number of hydrogen-bond donors (Lipinski definition) is 1. The molecule has 0 spiro atoms. The van der Waals surface area contributed by atoms with Crippen LogP contribution in [0.1, 0.15) is 111 Å². The van der Waals surface area contributed by atoms with Gasteiger partial charge < -0.3 is 39.9 Å². The number of terminal acetylenes is 1. The Balaban J connectivity index is -0.0000000633. The van der Waals surface area contributed by atoms with E-state index >= 15 is 0 Å². The van der Waals surface area contributed by atoms with Gasteiger partial charge in [0, 0.05) is 46.9 Å². The number of hydrogen-bond acceptors (Lipinski definition) is 13. The maximum absolute atomic E-state index is 11.4. The minimum absolute atomic E-state index is 0. The number of halogens is 4. The Kier molecular flexibility index (Phi) is 84.0. The average Bonchev–Trinajstić information content (AvgIpc) is 3.20. The van der Waals surface area contributed by atoms with Gasteiger partial charge in [0.15, 0.2) is 0 Å². The van der Waals surface area contributed by atoms with Crippen LogP contribution in [0.2, 0.25) is 0 Å². The molecule has 0 aliphatic carbocycles. The van der Waals surface area contributed by atoms with Crippen LogP contribution < -0.4 is 72.5 Å². The van der Waals surface area contributed by atoms with Gasteiger partial charge in [-0.2, -0.15) is 13.7 Å². The van der Waals surface area contributed by atoms with Crippen LogP contribution >= 0.6 is 32.8 Å². The Morgan fingerprint density at radius 1 is 0.618 bits per heavy atom. The van der Waals surface area contributed by atoms with Crippen molar-refractivity contribution in [3.8, 4) is 18.4 Å². The minimum atomic E-state index is -5.27. The third-order valence-electron chi connectivity index (χ3n) is 9.95. The molecule has 0 aromatic carbocycles. The third-order valence-corrected chi connectivity index (χ3v) is 14.9. The van der Waals surface area contributed by atoms with Crippen LogP contribution in [0.4, 0.5) is 7.77 Å². The molecule has 28 heteroatoms. The summed E-state index contributed by atoms with van der Waals surface area (Å²) in [5.74, 6) is 2.25. The van der Waals surface area contributed by atoms with Gasteiger partial charge in [-0.05, 0) is 110 Å². The van der Waals surface area contributed by atoms with Crippen molar-refractivity contribution in [3.63, 3.8) is 0 Å². The molecule has 0 bridgehead atoms. The molecule has 414 valence electrons. The largest absolute Gasteiger partial charge is 1.00 e. The summed E-state index contributed by atoms with van der Waals surface area (Å²) in [6.07, 6.45) is 4.60. The monoisotopic (exact) mass is 1260 g/mol. The molecule has 0 aliphatic heterocycles. The van der Waals surface area contributed by atoms with E-state index in [1.165, 1.54) is 121 Å². The van der Waals surface area contributed by atoms with E-state index in [2.05, 4.69) is 145 Å². The van der Waals surface area contributed by atoms with E-state index in [1.807, 2.05) is 6.92 Å². The molecule has 0 saturated carbocycles. The van der Waals surface area contributed by atoms with Crippen molar-refractivity contribution in [2.75, 3.05) is 137 Å². The predicted molar refractivity (Wildman–Crippen MR) is 291 cm³/mol. The van der Waals surface area contributed by atoms with E-state index < -0.39 is 40.1 Å². The molecule has 0 fully saturated rings. The minimum Gasteiger partial charge on any atom is -1.00 e. The fourth-order valence-electron chi connectivity index (χ4n) is 5.00. The quantitative estimate of drug-likeness (QED) is 0.0341. The predicted octanol–water partition coefficient (Wildman–Crippen LogP) is 1.12. The molecule has 0 amide bonds. The summed E-state index contributed by atoms with van der Waals surface area (Å²) in [4.78, 5) is 9.69. The van der Waals surface area contributed by atoms with Crippen molar-refractivity contribution in [2.24, 2.45) is 0 Å². The summed E-state index contributed by atoms with van der Waals surface area (Å²) in [7, 11) is -12.2. The molecule has 2 unspecified atom stereocenters. The zero-order chi connectivity index (χ0) is 53.6. The van der Waals surface area contributed by atoms with Gasteiger partial charge in [0.1, 0.15) is 0 Å². The molecular weight excluding hydrogens is 1160 g/mol. The number of nitrogens with one attached hydrogen (secondary N) is 1. The number of alkyl halides is 1. The van der Waals surface area contributed by atoms with Gasteiger partial charge >= 0.3 is 61.8 Å². The van der Waals surface area contributed by atoms with Gasteiger partial charge in [0.25, 0.3) is 0 Å². The van der Waals surface area contributed by atoms with Crippen LogP contribution in [0.5, 0.6) is 0 Å². The van der Waals surface area contributed by atoms with Crippen molar-refractivity contribution in [2.45, 2.75) is 111 Å². The summed E-state index contributed by atoms with van der Waals surface area (Å²) in [6.45, 7) is 54.6. The van der Waals surface area contributed by atoms with E-state index in [1.54, 1.807) is 17.1 Å². The second-order valence-electron chi connectivity index (χ2n) is 13.7. The summed E-state index contributed by atoms with van der Waals surface area (Å²) < 4.78 is 105. The Labute approximate surface area is 486 Å². The van der Waals surface area contributed by atoms with E-state index in [0.717, 1.165) is 35.3 Å². The zero-order valence-electron chi connectivity index (χ0n) is 44.7. The fraction of sp³-hybridized carbons (Fsp3) is 0.925.